The highest BCUT2D eigenvalue weighted by molar-refractivity contribution is 7.20. The first-order valence-corrected chi connectivity index (χ1v) is 11.8. The molecule has 0 atom stereocenters. The Hall–Kier alpha value is -4.09. The summed E-state index contributed by atoms with van der Waals surface area (Å²) < 4.78 is 12.8. The van der Waals surface area contributed by atoms with Gasteiger partial charge in [-0.15, -0.1) is 0 Å². The van der Waals surface area contributed by atoms with Gasteiger partial charge >= 0.3 is 0 Å². The van der Waals surface area contributed by atoms with E-state index in [9.17, 15) is 0 Å². The van der Waals surface area contributed by atoms with Crippen molar-refractivity contribution in [2.75, 3.05) is 31.1 Å². The van der Waals surface area contributed by atoms with Crippen molar-refractivity contribution >= 4 is 45.1 Å². The normalized spacial score (nSPS) is 14.0. The number of hydrogen-bond acceptors (Lipinski definition) is 10. The van der Waals surface area contributed by atoms with Crippen molar-refractivity contribution in [2.45, 2.75) is 6.54 Å². The molecule has 4 aromatic heterocycles. The first-order valence-electron chi connectivity index (χ1n) is 10.9. The third-order valence-corrected chi connectivity index (χ3v) is 6.47. The van der Waals surface area contributed by atoms with Crippen LogP contribution in [0, 0.1) is 0 Å². The molecule has 178 valence electrons. The molecule has 5 heterocycles. The Bertz CT molecular complexity index is 1380. The number of aromatic nitrogens is 4. The zero-order valence-corrected chi connectivity index (χ0v) is 19.5. The molecule has 1 N–H and O–H groups in total. The Kier molecular flexibility index (Phi) is 6.77. The fourth-order valence-corrected chi connectivity index (χ4v) is 4.74. The first-order chi connectivity index (χ1) is 17.2. The van der Waals surface area contributed by atoms with Gasteiger partial charge in [-0.25, -0.2) is 15.0 Å². The van der Waals surface area contributed by atoms with Gasteiger partial charge in [0.15, 0.2) is 5.65 Å². The Morgan fingerprint density at radius 1 is 1.06 bits per heavy atom. The van der Waals surface area contributed by atoms with Crippen LogP contribution in [-0.4, -0.2) is 62.6 Å². The third kappa shape index (κ3) is 5.20. The zero-order chi connectivity index (χ0) is 24.0. The van der Waals surface area contributed by atoms with Crippen LogP contribution >= 0.6 is 11.3 Å². The van der Waals surface area contributed by atoms with E-state index < -0.39 is 0 Å². The Balaban J connectivity index is 0.000000806. The molecule has 6 rings (SSSR count). The van der Waals surface area contributed by atoms with Crippen molar-refractivity contribution in [3.63, 3.8) is 0 Å². The molecule has 0 amide bonds. The molecule has 5 aromatic rings. The van der Waals surface area contributed by atoms with E-state index in [0.717, 1.165) is 54.3 Å². The largest absolute Gasteiger partial charge is 0.483 e. The molecule has 0 bridgehead atoms. The van der Waals surface area contributed by atoms with Gasteiger partial charge in [0.25, 0.3) is 11.7 Å². The Morgan fingerprint density at radius 3 is 2.60 bits per heavy atom. The summed E-state index contributed by atoms with van der Waals surface area (Å²) in [7, 11) is 0. The zero-order valence-electron chi connectivity index (χ0n) is 18.6. The summed E-state index contributed by atoms with van der Waals surface area (Å²) in [5.41, 5.74) is 2.70. The van der Waals surface area contributed by atoms with Gasteiger partial charge in [0.2, 0.25) is 5.95 Å². The predicted molar refractivity (Wildman–Crippen MR) is 132 cm³/mol. The number of pyridine rings is 1. The second-order valence-electron chi connectivity index (χ2n) is 7.74. The standard InChI is InChI=1S/C23H20N6O2S.CH2O2/c1-3-20-21(24-6-1)27-23(32-20)31-17-4-5-18-16(15-30-19(18)13-17)14-28-9-11-29(12-10-28)22-25-7-2-8-26-22;2-1-3/h1-8,13,15H,9-12,14H2;1H,(H,2,3). The quantitative estimate of drug-likeness (QED) is 0.362. The molecule has 1 aromatic carbocycles. The van der Waals surface area contributed by atoms with Crippen LogP contribution in [0.15, 0.2) is 65.7 Å². The highest BCUT2D eigenvalue weighted by atomic mass is 32.1. The second kappa shape index (κ2) is 10.5. The van der Waals surface area contributed by atoms with Crippen LogP contribution in [0.3, 0.4) is 0 Å². The van der Waals surface area contributed by atoms with Crippen LogP contribution < -0.4 is 9.64 Å². The van der Waals surface area contributed by atoms with E-state index in [0.29, 0.717) is 16.6 Å². The van der Waals surface area contributed by atoms with Gasteiger partial charge in [0.1, 0.15) is 11.3 Å². The SMILES string of the molecule is O=CO.c1cnc(N2CCN(Cc3coc4cc(Oc5nc6ncccc6s5)ccc34)CC2)nc1. The highest BCUT2D eigenvalue weighted by Crippen LogP contribution is 2.33. The number of carbonyl (C=O) groups is 1. The number of piperazine rings is 1. The molecule has 35 heavy (non-hydrogen) atoms. The molecule has 1 saturated heterocycles. The lowest BCUT2D eigenvalue weighted by molar-refractivity contribution is -0.122. The first kappa shape index (κ1) is 22.7. The molecule has 1 aliphatic rings. The molecule has 1 fully saturated rings. The Labute approximate surface area is 204 Å². The Morgan fingerprint density at radius 2 is 1.83 bits per heavy atom. The topological polar surface area (TPSA) is 118 Å². The summed E-state index contributed by atoms with van der Waals surface area (Å²) >= 11 is 1.48. The van der Waals surface area contributed by atoms with E-state index in [1.807, 2.05) is 36.6 Å². The molecule has 0 spiro atoms. The van der Waals surface area contributed by atoms with E-state index in [4.69, 9.17) is 19.1 Å². The lowest BCUT2D eigenvalue weighted by atomic mass is 10.1. The van der Waals surface area contributed by atoms with Gasteiger partial charge in [0.05, 0.1) is 11.0 Å². The number of carboxylic acid groups (broad SMARTS) is 1. The fraction of sp³-hybridized carbons (Fsp3) is 0.208. The summed E-state index contributed by atoms with van der Waals surface area (Å²) in [5.74, 6) is 1.51. The summed E-state index contributed by atoms with van der Waals surface area (Å²) in [6, 6.07) is 11.7. The van der Waals surface area contributed by atoms with E-state index in [1.165, 1.54) is 16.9 Å². The molecular weight excluding hydrogens is 468 g/mol. The minimum atomic E-state index is -0.250. The van der Waals surface area contributed by atoms with Crippen LogP contribution in [-0.2, 0) is 11.3 Å². The van der Waals surface area contributed by atoms with Crippen molar-refractivity contribution in [1.29, 1.82) is 0 Å². The van der Waals surface area contributed by atoms with Gasteiger partial charge in [-0.2, -0.15) is 4.98 Å². The smallest absolute Gasteiger partial charge is 0.290 e. The molecular formula is C24H22N6O4S. The van der Waals surface area contributed by atoms with Crippen LogP contribution in [0.25, 0.3) is 21.3 Å². The number of thiazole rings is 1. The monoisotopic (exact) mass is 490 g/mol. The number of fused-ring (bicyclic) bond motifs is 2. The molecule has 11 heteroatoms. The van der Waals surface area contributed by atoms with Crippen molar-refractivity contribution < 1.29 is 19.1 Å². The summed E-state index contributed by atoms with van der Waals surface area (Å²) in [6.07, 6.45) is 7.16. The lowest BCUT2D eigenvalue weighted by Gasteiger charge is -2.34. The molecule has 1 aliphatic heterocycles. The van der Waals surface area contributed by atoms with Crippen LogP contribution in [0.5, 0.6) is 10.9 Å². The van der Waals surface area contributed by atoms with E-state index >= 15 is 0 Å². The minimum absolute atomic E-state index is 0.250. The van der Waals surface area contributed by atoms with Crippen molar-refractivity contribution in [2.24, 2.45) is 0 Å². The average Bonchev–Trinajstić information content (AvgIpc) is 3.49. The molecule has 0 saturated carbocycles. The molecule has 0 unspecified atom stereocenters. The lowest BCUT2D eigenvalue weighted by Crippen LogP contribution is -2.46. The van der Waals surface area contributed by atoms with E-state index in [2.05, 4.69) is 35.8 Å². The van der Waals surface area contributed by atoms with Crippen molar-refractivity contribution in [3.8, 4) is 10.9 Å². The molecule has 0 radical (unpaired) electrons. The van der Waals surface area contributed by atoms with Gasteiger partial charge in [0, 0.05) is 68.3 Å². The highest BCUT2D eigenvalue weighted by Gasteiger charge is 2.20. The number of rotatable bonds is 5. The minimum Gasteiger partial charge on any atom is -0.483 e. The molecule has 0 aliphatic carbocycles. The average molecular weight is 491 g/mol. The predicted octanol–water partition coefficient (Wildman–Crippen LogP) is 4.04. The number of benzene rings is 1. The maximum atomic E-state index is 8.36. The number of nitrogens with zero attached hydrogens (tertiary/aromatic N) is 6. The maximum absolute atomic E-state index is 8.36. The van der Waals surface area contributed by atoms with Crippen molar-refractivity contribution in [3.05, 3.63) is 66.8 Å². The van der Waals surface area contributed by atoms with Crippen LogP contribution in [0.2, 0.25) is 0 Å². The van der Waals surface area contributed by atoms with E-state index in [-0.39, 0.29) is 6.47 Å². The third-order valence-electron chi connectivity index (χ3n) is 5.58. The van der Waals surface area contributed by atoms with Crippen LogP contribution in [0.4, 0.5) is 5.95 Å². The van der Waals surface area contributed by atoms with Gasteiger partial charge in [-0.05, 0) is 30.3 Å². The van der Waals surface area contributed by atoms with Gasteiger partial charge in [-0.1, -0.05) is 11.3 Å². The second-order valence-corrected chi connectivity index (χ2v) is 8.74. The van der Waals surface area contributed by atoms with Gasteiger partial charge in [-0.3, -0.25) is 9.69 Å². The number of anilines is 1. The number of ether oxygens (including phenoxy) is 1. The number of furan rings is 1. The van der Waals surface area contributed by atoms with Gasteiger partial charge < -0.3 is 19.2 Å². The summed E-state index contributed by atoms with van der Waals surface area (Å²) in [6.45, 7) is 4.33. The maximum Gasteiger partial charge on any atom is 0.290 e. The summed E-state index contributed by atoms with van der Waals surface area (Å²) in [5, 5.41) is 8.57. The fourth-order valence-electron chi connectivity index (χ4n) is 3.94. The van der Waals surface area contributed by atoms with E-state index in [1.54, 1.807) is 18.6 Å². The summed E-state index contributed by atoms with van der Waals surface area (Å²) in [4.78, 5) is 30.4. The van der Waals surface area contributed by atoms with Crippen LogP contribution in [0.1, 0.15) is 5.56 Å². The number of hydrogen-bond donors (Lipinski definition) is 1. The van der Waals surface area contributed by atoms with Crippen molar-refractivity contribution in [1.82, 2.24) is 24.8 Å². The molecule has 10 nitrogen and oxygen atoms in total.